The predicted molar refractivity (Wildman–Crippen MR) is 79.5 cm³/mol. The topological polar surface area (TPSA) is 24.9 Å². The van der Waals surface area contributed by atoms with Crippen molar-refractivity contribution in [2.45, 2.75) is 45.6 Å². The first-order valence-electron chi connectivity index (χ1n) is 7.04. The molecule has 0 radical (unpaired) electrons. The first-order chi connectivity index (χ1) is 8.70. The van der Waals surface area contributed by atoms with Crippen LogP contribution in [0.1, 0.15) is 51.1 Å². The van der Waals surface area contributed by atoms with Gasteiger partial charge in [0, 0.05) is 22.9 Å². The van der Waals surface area contributed by atoms with Crippen molar-refractivity contribution in [2.24, 2.45) is 11.8 Å². The highest BCUT2D eigenvalue weighted by Crippen LogP contribution is 2.36. The molecule has 1 heterocycles. The van der Waals surface area contributed by atoms with Gasteiger partial charge < -0.3 is 5.32 Å². The fourth-order valence-corrected chi connectivity index (χ4v) is 3.38. The molecular weight excluding hydrogens is 288 g/mol. The van der Waals surface area contributed by atoms with E-state index in [1.54, 1.807) is 0 Å². The summed E-state index contributed by atoms with van der Waals surface area (Å²) in [6.07, 6.45) is 9.28. The molecule has 1 atom stereocenters. The van der Waals surface area contributed by atoms with Gasteiger partial charge in [-0.15, -0.1) is 0 Å². The highest BCUT2D eigenvalue weighted by atomic mass is 79.9. The number of hydrogen-bond acceptors (Lipinski definition) is 2. The van der Waals surface area contributed by atoms with Crippen LogP contribution in [0.5, 0.6) is 0 Å². The summed E-state index contributed by atoms with van der Waals surface area (Å²) in [5, 5.41) is 3.65. The predicted octanol–water partition coefficient (Wildman–Crippen LogP) is 4.32. The summed E-state index contributed by atoms with van der Waals surface area (Å²) in [6.45, 7) is 5.58. The van der Waals surface area contributed by atoms with E-state index in [1.807, 2.05) is 12.4 Å². The van der Waals surface area contributed by atoms with Gasteiger partial charge >= 0.3 is 0 Å². The van der Waals surface area contributed by atoms with Crippen molar-refractivity contribution < 1.29 is 0 Å². The second-order valence-corrected chi connectivity index (χ2v) is 6.41. The van der Waals surface area contributed by atoms with Crippen molar-refractivity contribution in [2.75, 3.05) is 6.54 Å². The molecule has 3 heteroatoms. The summed E-state index contributed by atoms with van der Waals surface area (Å²) in [5.74, 6) is 1.67. The Kier molecular flexibility index (Phi) is 5.19. The van der Waals surface area contributed by atoms with E-state index < -0.39 is 0 Å². The quantitative estimate of drug-likeness (QED) is 0.895. The molecule has 100 valence electrons. The van der Waals surface area contributed by atoms with Crippen LogP contribution in [-0.4, -0.2) is 11.5 Å². The standard InChI is InChI=1S/C15H23BrN2/c1-3-18-15(12-6-4-11(2)5-7-12)13-8-14(16)10-17-9-13/h8-12,15,18H,3-7H2,1-2H3. The van der Waals surface area contributed by atoms with Crippen molar-refractivity contribution in [1.82, 2.24) is 10.3 Å². The first kappa shape index (κ1) is 14.0. The minimum absolute atomic E-state index is 0.465. The van der Waals surface area contributed by atoms with Crippen LogP contribution in [0.15, 0.2) is 22.9 Å². The number of aromatic nitrogens is 1. The Morgan fingerprint density at radius 3 is 2.67 bits per heavy atom. The van der Waals surface area contributed by atoms with Gasteiger partial charge in [0.05, 0.1) is 0 Å². The van der Waals surface area contributed by atoms with E-state index in [9.17, 15) is 0 Å². The molecule has 0 aromatic carbocycles. The zero-order valence-corrected chi connectivity index (χ0v) is 12.9. The van der Waals surface area contributed by atoms with Crippen LogP contribution in [0.3, 0.4) is 0 Å². The van der Waals surface area contributed by atoms with Crippen LogP contribution in [0.4, 0.5) is 0 Å². The molecule has 1 unspecified atom stereocenters. The zero-order chi connectivity index (χ0) is 13.0. The maximum Gasteiger partial charge on any atom is 0.0410 e. The normalized spacial score (nSPS) is 25.9. The Morgan fingerprint density at radius 2 is 2.06 bits per heavy atom. The number of rotatable bonds is 4. The van der Waals surface area contributed by atoms with Crippen molar-refractivity contribution in [3.05, 3.63) is 28.5 Å². The Hall–Kier alpha value is -0.410. The zero-order valence-electron chi connectivity index (χ0n) is 11.3. The molecule has 0 amide bonds. The van der Waals surface area contributed by atoms with Gasteiger partial charge in [0.2, 0.25) is 0 Å². The van der Waals surface area contributed by atoms with Gasteiger partial charge in [0.1, 0.15) is 0 Å². The van der Waals surface area contributed by atoms with Crippen LogP contribution in [0.2, 0.25) is 0 Å². The summed E-state index contributed by atoms with van der Waals surface area (Å²) in [5.41, 5.74) is 1.32. The molecule has 1 aliphatic rings. The lowest BCUT2D eigenvalue weighted by Gasteiger charge is -2.33. The average molecular weight is 311 g/mol. The fourth-order valence-electron chi connectivity index (χ4n) is 2.99. The molecule has 0 spiro atoms. The highest BCUT2D eigenvalue weighted by molar-refractivity contribution is 9.10. The molecule has 1 fully saturated rings. The largest absolute Gasteiger partial charge is 0.310 e. The first-order valence-corrected chi connectivity index (χ1v) is 7.83. The number of hydrogen-bond donors (Lipinski definition) is 1. The number of pyridine rings is 1. The maximum atomic E-state index is 4.31. The minimum Gasteiger partial charge on any atom is -0.310 e. The van der Waals surface area contributed by atoms with Gasteiger partial charge in [-0.2, -0.15) is 0 Å². The molecule has 1 aromatic rings. The van der Waals surface area contributed by atoms with Crippen molar-refractivity contribution in [3.8, 4) is 0 Å². The third-order valence-corrected chi connectivity index (χ3v) is 4.47. The third-order valence-electron chi connectivity index (χ3n) is 4.04. The van der Waals surface area contributed by atoms with Gasteiger partial charge in [0.15, 0.2) is 0 Å². The van der Waals surface area contributed by atoms with Gasteiger partial charge in [-0.3, -0.25) is 4.98 Å². The van der Waals surface area contributed by atoms with Gasteiger partial charge in [-0.25, -0.2) is 0 Å². The molecule has 18 heavy (non-hydrogen) atoms. The number of halogens is 1. The number of nitrogens with zero attached hydrogens (tertiary/aromatic N) is 1. The maximum absolute atomic E-state index is 4.31. The van der Waals surface area contributed by atoms with Crippen molar-refractivity contribution in [3.63, 3.8) is 0 Å². The molecule has 0 saturated heterocycles. The summed E-state index contributed by atoms with van der Waals surface area (Å²) in [6, 6.07) is 2.67. The Labute approximate surface area is 119 Å². The fraction of sp³-hybridized carbons (Fsp3) is 0.667. The summed E-state index contributed by atoms with van der Waals surface area (Å²) in [4.78, 5) is 4.31. The molecule has 1 saturated carbocycles. The van der Waals surface area contributed by atoms with Crippen LogP contribution < -0.4 is 5.32 Å². The highest BCUT2D eigenvalue weighted by Gasteiger charge is 2.26. The van der Waals surface area contributed by atoms with E-state index >= 15 is 0 Å². The second kappa shape index (κ2) is 6.67. The molecule has 0 aliphatic heterocycles. The monoisotopic (exact) mass is 310 g/mol. The smallest absolute Gasteiger partial charge is 0.0410 e. The van der Waals surface area contributed by atoms with E-state index in [4.69, 9.17) is 0 Å². The molecular formula is C15H23BrN2. The summed E-state index contributed by atoms with van der Waals surface area (Å²) in [7, 11) is 0. The van der Waals surface area contributed by atoms with Crippen LogP contribution in [-0.2, 0) is 0 Å². The van der Waals surface area contributed by atoms with Crippen molar-refractivity contribution in [1.29, 1.82) is 0 Å². The summed E-state index contributed by atoms with van der Waals surface area (Å²) >= 11 is 3.52. The SMILES string of the molecule is CCNC(c1cncc(Br)c1)C1CCC(C)CC1. The molecule has 2 nitrogen and oxygen atoms in total. The molecule has 2 rings (SSSR count). The van der Waals surface area contributed by atoms with Gasteiger partial charge in [-0.1, -0.05) is 26.7 Å². The molecule has 0 bridgehead atoms. The van der Waals surface area contributed by atoms with Crippen LogP contribution in [0, 0.1) is 11.8 Å². The van der Waals surface area contributed by atoms with Crippen molar-refractivity contribution >= 4 is 15.9 Å². The minimum atomic E-state index is 0.465. The molecule has 1 N–H and O–H groups in total. The molecule has 1 aliphatic carbocycles. The van der Waals surface area contributed by atoms with Crippen LogP contribution in [0.25, 0.3) is 0 Å². The number of nitrogens with one attached hydrogen (secondary N) is 1. The third kappa shape index (κ3) is 3.55. The Morgan fingerprint density at radius 1 is 1.33 bits per heavy atom. The summed E-state index contributed by atoms with van der Waals surface area (Å²) < 4.78 is 1.08. The average Bonchev–Trinajstić information content (AvgIpc) is 2.37. The van der Waals surface area contributed by atoms with Gasteiger partial charge in [0.25, 0.3) is 0 Å². The van der Waals surface area contributed by atoms with E-state index in [2.05, 4.69) is 46.1 Å². The lowest BCUT2D eigenvalue weighted by molar-refractivity contribution is 0.233. The Bertz CT molecular complexity index is 373. The lowest BCUT2D eigenvalue weighted by Crippen LogP contribution is -2.30. The van der Waals surface area contributed by atoms with Crippen LogP contribution >= 0.6 is 15.9 Å². The van der Waals surface area contributed by atoms with E-state index in [-0.39, 0.29) is 0 Å². The van der Waals surface area contributed by atoms with Gasteiger partial charge in [-0.05, 0) is 58.8 Å². The second-order valence-electron chi connectivity index (χ2n) is 5.49. The van der Waals surface area contributed by atoms with E-state index in [1.165, 1.54) is 31.2 Å². The lowest BCUT2D eigenvalue weighted by atomic mass is 9.77. The molecule has 1 aromatic heterocycles. The Balaban J connectivity index is 2.12. The van der Waals surface area contributed by atoms with E-state index in [0.29, 0.717) is 6.04 Å². The van der Waals surface area contributed by atoms with E-state index in [0.717, 1.165) is 22.9 Å².